The molecule has 0 spiro atoms. The zero-order valence-corrected chi connectivity index (χ0v) is 22.1. The lowest BCUT2D eigenvalue weighted by Crippen LogP contribution is -2.38. The van der Waals surface area contributed by atoms with Gasteiger partial charge in [0.2, 0.25) is 0 Å². The lowest BCUT2D eigenvalue weighted by molar-refractivity contribution is 0.140. The van der Waals surface area contributed by atoms with Crippen LogP contribution in [0.25, 0.3) is 0 Å². The molecule has 1 unspecified atom stereocenters. The van der Waals surface area contributed by atoms with Crippen LogP contribution < -0.4 is 15.4 Å². The third-order valence-corrected chi connectivity index (χ3v) is 5.98. The Balaban J connectivity index is 0.00000306. The van der Waals surface area contributed by atoms with Crippen LogP contribution in [0, 0.1) is 6.92 Å². The number of aromatic nitrogens is 3. The number of fused-ring (bicyclic) bond motifs is 1. The molecule has 4 rings (SSSR count). The summed E-state index contributed by atoms with van der Waals surface area (Å²) in [4.78, 5) is 4.81. The maximum absolute atomic E-state index is 6.22. The molecule has 2 aromatic rings. The molecule has 2 aliphatic rings. The summed E-state index contributed by atoms with van der Waals surface area (Å²) in [6.45, 7) is 8.76. The molecule has 0 radical (unpaired) electrons. The molecule has 0 saturated carbocycles. The van der Waals surface area contributed by atoms with E-state index in [0.717, 1.165) is 74.4 Å². The first-order valence-electron chi connectivity index (χ1n) is 12.0. The van der Waals surface area contributed by atoms with Crippen LogP contribution in [0.2, 0.25) is 0 Å². The molecule has 0 bridgehead atoms. The zero-order valence-electron chi connectivity index (χ0n) is 19.8. The van der Waals surface area contributed by atoms with Crippen molar-refractivity contribution in [3.8, 4) is 5.75 Å². The quantitative estimate of drug-likeness (QED) is 0.289. The molecule has 182 valence electrons. The van der Waals surface area contributed by atoms with Crippen molar-refractivity contribution in [1.29, 1.82) is 0 Å². The van der Waals surface area contributed by atoms with E-state index in [2.05, 4.69) is 57.4 Å². The molecule has 0 aliphatic carbocycles. The van der Waals surface area contributed by atoms with Crippen molar-refractivity contribution >= 4 is 29.9 Å². The monoisotopic (exact) mass is 568 g/mol. The number of halogens is 1. The molecule has 1 fully saturated rings. The molecule has 0 amide bonds. The van der Waals surface area contributed by atoms with Gasteiger partial charge in [0.1, 0.15) is 23.5 Å². The van der Waals surface area contributed by atoms with Gasteiger partial charge in [0.05, 0.1) is 19.8 Å². The Hall–Kier alpha value is -1.88. The molecular formula is C24H37IN6O2. The van der Waals surface area contributed by atoms with Crippen LogP contribution in [-0.2, 0) is 30.7 Å². The van der Waals surface area contributed by atoms with Gasteiger partial charge >= 0.3 is 0 Å². The number of nitrogens with zero attached hydrogens (tertiary/aromatic N) is 4. The molecule has 8 nitrogen and oxygen atoms in total. The van der Waals surface area contributed by atoms with Gasteiger partial charge in [0.15, 0.2) is 5.96 Å². The van der Waals surface area contributed by atoms with Crippen molar-refractivity contribution < 1.29 is 9.47 Å². The lowest BCUT2D eigenvalue weighted by Gasteiger charge is -2.16. The fourth-order valence-electron chi connectivity index (χ4n) is 4.22. The second-order valence-electron chi connectivity index (χ2n) is 8.58. The summed E-state index contributed by atoms with van der Waals surface area (Å²) in [5.41, 5.74) is 2.27. The van der Waals surface area contributed by atoms with Gasteiger partial charge in [-0.1, -0.05) is 18.6 Å². The minimum atomic E-state index is 0. The summed E-state index contributed by atoms with van der Waals surface area (Å²) in [5.74, 6) is 3.92. The van der Waals surface area contributed by atoms with E-state index in [0.29, 0.717) is 13.2 Å². The Bertz CT molecular complexity index is 910. The first kappa shape index (κ1) is 25.7. The Morgan fingerprint density at radius 2 is 2.15 bits per heavy atom. The topological polar surface area (TPSA) is 85.6 Å². The standard InChI is InChI=1S/C24H36N6O2.HI/c1-3-25-24(26-12-10-23-29-28-22-7-5-4-6-13-30(22)23)27-16-19-9-8-18(2)15-21(19)32-20-11-14-31-17-20;/h8-9,15,20H,3-7,10-14,16-17H2,1-2H3,(H2,25,26,27);1H. The van der Waals surface area contributed by atoms with Crippen molar-refractivity contribution in [3.63, 3.8) is 0 Å². The maximum atomic E-state index is 6.22. The number of aliphatic imine (C=N–C) groups is 1. The van der Waals surface area contributed by atoms with Gasteiger partial charge < -0.3 is 24.7 Å². The van der Waals surface area contributed by atoms with Gasteiger partial charge in [-0.3, -0.25) is 0 Å². The molecule has 1 atom stereocenters. The van der Waals surface area contributed by atoms with Crippen LogP contribution >= 0.6 is 24.0 Å². The van der Waals surface area contributed by atoms with E-state index in [1.54, 1.807) is 0 Å². The highest BCUT2D eigenvalue weighted by Crippen LogP contribution is 2.24. The number of guanidine groups is 1. The minimum absolute atomic E-state index is 0. The number of hydrogen-bond donors (Lipinski definition) is 2. The maximum Gasteiger partial charge on any atom is 0.191 e. The number of ether oxygens (including phenoxy) is 2. The number of benzene rings is 1. The number of hydrogen-bond acceptors (Lipinski definition) is 5. The van der Waals surface area contributed by atoms with Crippen LogP contribution in [0.1, 0.15) is 55.4 Å². The largest absolute Gasteiger partial charge is 0.488 e. The Morgan fingerprint density at radius 3 is 2.97 bits per heavy atom. The molecule has 9 heteroatoms. The third-order valence-electron chi connectivity index (χ3n) is 5.98. The lowest BCUT2D eigenvalue weighted by atomic mass is 10.1. The van der Waals surface area contributed by atoms with Gasteiger partial charge in [0, 0.05) is 44.5 Å². The second kappa shape index (κ2) is 13.1. The summed E-state index contributed by atoms with van der Waals surface area (Å²) < 4.78 is 14.0. The summed E-state index contributed by atoms with van der Waals surface area (Å²) >= 11 is 0. The first-order valence-corrected chi connectivity index (χ1v) is 12.0. The molecule has 2 N–H and O–H groups in total. The summed E-state index contributed by atoms with van der Waals surface area (Å²) in [6.07, 6.45) is 6.64. The van der Waals surface area contributed by atoms with Crippen LogP contribution in [0.3, 0.4) is 0 Å². The molecule has 1 saturated heterocycles. The van der Waals surface area contributed by atoms with E-state index < -0.39 is 0 Å². The predicted molar refractivity (Wildman–Crippen MR) is 141 cm³/mol. The minimum Gasteiger partial charge on any atom is -0.488 e. The van der Waals surface area contributed by atoms with Crippen molar-refractivity contribution in [2.75, 3.05) is 26.3 Å². The van der Waals surface area contributed by atoms with E-state index in [-0.39, 0.29) is 30.1 Å². The average molecular weight is 569 g/mol. The molecule has 1 aromatic carbocycles. The number of aryl methyl sites for hydroxylation is 2. The second-order valence-corrected chi connectivity index (χ2v) is 8.58. The highest BCUT2D eigenvalue weighted by molar-refractivity contribution is 14.0. The molecule has 3 heterocycles. The van der Waals surface area contributed by atoms with Gasteiger partial charge in [-0.05, 0) is 38.3 Å². The van der Waals surface area contributed by atoms with Crippen molar-refractivity contribution in [1.82, 2.24) is 25.4 Å². The highest BCUT2D eigenvalue weighted by Gasteiger charge is 2.19. The first-order chi connectivity index (χ1) is 15.7. The van der Waals surface area contributed by atoms with Gasteiger partial charge in [-0.25, -0.2) is 4.99 Å². The van der Waals surface area contributed by atoms with Crippen molar-refractivity contribution in [2.24, 2.45) is 4.99 Å². The van der Waals surface area contributed by atoms with E-state index in [4.69, 9.17) is 14.5 Å². The van der Waals surface area contributed by atoms with Crippen LogP contribution in [0.15, 0.2) is 23.2 Å². The Kier molecular flexibility index (Phi) is 10.2. The van der Waals surface area contributed by atoms with Gasteiger partial charge in [-0.15, -0.1) is 34.2 Å². The summed E-state index contributed by atoms with van der Waals surface area (Å²) in [5, 5.41) is 15.6. The highest BCUT2D eigenvalue weighted by atomic mass is 127. The van der Waals surface area contributed by atoms with E-state index in [9.17, 15) is 0 Å². The number of rotatable bonds is 8. The van der Waals surface area contributed by atoms with Crippen LogP contribution in [-0.4, -0.2) is 53.1 Å². The van der Waals surface area contributed by atoms with Crippen molar-refractivity contribution in [3.05, 3.63) is 41.0 Å². The molecule has 33 heavy (non-hydrogen) atoms. The normalized spacial score (nSPS) is 18.2. The van der Waals surface area contributed by atoms with E-state index in [1.165, 1.54) is 24.8 Å². The van der Waals surface area contributed by atoms with Crippen LogP contribution in [0.4, 0.5) is 0 Å². The van der Waals surface area contributed by atoms with E-state index >= 15 is 0 Å². The van der Waals surface area contributed by atoms with Gasteiger partial charge in [0.25, 0.3) is 0 Å². The Labute approximate surface area is 214 Å². The SMILES string of the molecule is CCNC(=NCc1ccc(C)cc1OC1CCOC1)NCCc1nnc2n1CCCCC2.I. The fraction of sp³-hybridized carbons (Fsp3) is 0.625. The smallest absolute Gasteiger partial charge is 0.191 e. The van der Waals surface area contributed by atoms with Gasteiger partial charge in [-0.2, -0.15) is 0 Å². The molecule has 2 aliphatic heterocycles. The predicted octanol–water partition coefficient (Wildman–Crippen LogP) is 3.40. The summed E-state index contributed by atoms with van der Waals surface area (Å²) in [7, 11) is 0. The van der Waals surface area contributed by atoms with E-state index in [1.807, 2.05) is 0 Å². The van der Waals surface area contributed by atoms with Crippen LogP contribution in [0.5, 0.6) is 5.75 Å². The average Bonchev–Trinajstić information content (AvgIpc) is 3.37. The number of nitrogens with one attached hydrogen (secondary N) is 2. The molecular weight excluding hydrogens is 531 g/mol. The zero-order chi connectivity index (χ0) is 22.2. The Morgan fingerprint density at radius 1 is 1.24 bits per heavy atom. The van der Waals surface area contributed by atoms with Crippen molar-refractivity contribution in [2.45, 2.75) is 71.6 Å². The fourth-order valence-corrected chi connectivity index (χ4v) is 4.22. The third kappa shape index (κ3) is 7.30. The summed E-state index contributed by atoms with van der Waals surface area (Å²) in [6, 6.07) is 6.32. The molecule has 1 aromatic heterocycles.